The Morgan fingerprint density at radius 3 is 2.67 bits per heavy atom. The predicted molar refractivity (Wildman–Crippen MR) is 70.7 cm³/mol. The predicted octanol–water partition coefficient (Wildman–Crippen LogP) is 2.35. The van der Waals surface area contributed by atoms with Crippen LogP contribution in [0.5, 0.6) is 0 Å². The molecule has 1 aliphatic rings. The van der Waals surface area contributed by atoms with Crippen molar-refractivity contribution in [3.8, 4) is 0 Å². The van der Waals surface area contributed by atoms with Crippen molar-refractivity contribution in [2.75, 3.05) is 11.1 Å². The van der Waals surface area contributed by atoms with E-state index in [0.717, 1.165) is 18.8 Å². The smallest absolute Gasteiger partial charge is 0.354 e. The van der Waals surface area contributed by atoms with E-state index in [0.29, 0.717) is 17.5 Å². The molecular weight excluding hydrogens is 230 g/mol. The second kappa shape index (κ2) is 5.25. The van der Waals surface area contributed by atoms with Crippen LogP contribution in [-0.2, 0) is 0 Å². The molecule has 5 nitrogen and oxygen atoms in total. The molecule has 0 radical (unpaired) electrons. The second-order valence-electron chi connectivity index (χ2n) is 5.04. The molecule has 0 bridgehead atoms. The van der Waals surface area contributed by atoms with E-state index in [4.69, 9.17) is 10.8 Å². The fraction of sp³-hybridized carbons (Fsp3) is 0.538. The van der Waals surface area contributed by atoms with Crippen LogP contribution in [0.3, 0.4) is 0 Å². The number of anilines is 2. The number of aromatic nitrogens is 1. The lowest BCUT2D eigenvalue weighted by Crippen LogP contribution is -2.26. The first-order chi connectivity index (χ1) is 8.56. The van der Waals surface area contributed by atoms with Gasteiger partial charge in [0.2, 0.25) is 0 Å². The Hall–Kier alpha value is -1.78. The van der Waals surface area contributed by atoms with Gasteiger partial charge < -0.3 is 16.2 Å². The van der Waals surface area contributed by atoms with Crippen LogP contribution in [0.25, 0.3) is 0 Å². The number of carboxylic acid groups (broad SMARTS) is 1. The number of hydrogen-bond acceptors (Lipinski definition) is 4. The Bertz CT molecular complexity index is 440. The monoisotopic (exact) mass is 249 g/mol. The Morgan fingerprint density at radius 1 is 1.39 bits per heavy atom. The van der Waals surface area contributed by atoms with Crippen molar-refractivity contribution in [2.24, 2.45) is 5.92 Å². The van der Waals surface area contributed by atoms with Gasteiger partial charge in [-0.3, -0.25) is 0 Å². The number of rotatable bonds is 3. The first-order valence-corrected chi connectivity index (χ1v) is 6.32. The van der Waals surface area contributed by atoms with Gasteiger partial charge in [-0.2, -0.15) is 0 Å². The normalized spacial score (nSPS) is 23.6. The lowest BCUT2D eigenvalue weighted by atomic mass is 9.87. The lowest BCUT2D eigenvalue weighted by Gasteiger charge is -2.27. The van der Waals surface area contributed by atoms with Crippen LogP contribution in [0.2, 0.25) is 0 Å². The zero-order chi connectivity index (χ0) is 13.1. The highest BCUT2D eigenvalue weighted by Gasteiger charge is 2.19. The third-order valence-corrected chi connectivity index (χ3v) is 3.50. The number of nitrogens with zero attached hydrogens (tertiary/aromatic N) is 1. The van der Waals surface area contributed by atoms with Crippen LogP contribution in [0, 0.1) is 5.92 Å². The van der Waals surface area contributed by atoms with E-state index in [9.17, 15) is 4.79 Å². The first-order valence-electron chi connectivity index (χ1n) is 6.32. The standard InChI is InChI=1S/C13H19N3O2/c1-8-2-4-9(5-3-8)15-12-10(14)6-7-11(16-12)13(17)18/h6-9H,2-5,14H2,1H3,(H,15,16)(H,17,18). The molecule has 0 aliphatic heterocycles. The van der Waals surface area contributed by atoms with Gasteiger partial charge in [0.25, 0.3) is 0 Å². The highest BCUT2D eigenvalue weighted by molar-refractivity contribution is 5.86. The number of nitrogen functional groups attached to an aromatic ring is 1. The molecule has 1 saturated carbocycles. The van der Waals surface area contributed by atoms with Crippen LogP contribution in [-0.4, -0.2) is 22.1 Å². The van der Waals surface area contributed by atoms with Gasteiger partial charge in [-0.05, 0) is 43.7 Å². The Kier molecular flexibility index (Phi) is 3.69. The van der Waals surface area contributed by atoms with Gasteiger partial charge in [0, 0.05) is 6.04 Å². The maximum atomic E-state index is 10.9. The van der Waals surface area contributed by atoms with Crippen LogP contribution in [0.15, 0.2) is 12.1 Å². The summed E-state index contributed by atoms with van der Waals surface area (Å²) >= 11 is 0. The molecule has 18 heavy (non-hydrogen) atoms. The third-order valence-electron chi connectivity index (χ3n) is 3.50. The van der Waals surface area contributed by atoms with Crippen LogP contribution in [0.4, 0.5) is 11.5 Å². The van der Waals surface area contributed by atoms with E-state index in [1.54, 1.807) is 6.07 Å². The highest BCUT2D eigenvalue weighted by Crippen LogP contribution is 2.27. The maximum absolute atomic E-state index is 10.9. The maximum Gasteiger partial charge on any atom is 0.354 e. The van der Waals surface area contributed by atoms with Gasteiger partial charge in [0.15, 0.2) is 5.69 Å². The molecule has 1 heterocycles. The molecule has 1 aliphatic carbocycles. The summed E-state index contributed by atoms with van der Waals surface area (Å²) in [6.45, 7) is 2.26. The fourth-order valence-electron chi connectivity index (χ4n) is 2.30. The quantitative estimate of drug-likeness (QED) is 0.765. The molecule has 1 aromatic heterocycles. The lowest BCUT2D eigenvalue weighted by molar-refractivity contribution is 0.0690. The van der Waals surface area contributed by atoms with Gasteiger partial charge in [0.05, 0.1) is 5.69 Å². The van der Waals surface area contributed by atoms with Crippen molar-refractivity contribution < 1.29 is 9.90 Å². The molecular formula is C13H19N3O2. The Morgan fingerprint density at radius 2 is 2.06 bits per heavy atom. The number of nitrogens with two attached hydrogens (primary N) is 1. The number of carboxylic acids is 1. The van der Waals surface area contributed by atoms with Crippen molar-refractivity contribution >= 4 is 17.5 Å². The Labute approximate surface area is 106 Å². The van der Waals surface area contributed by atoms with E-state index in [1.807, 2.05) is 0 Å². The molecule has 0 aromatic carbocycles. The number of nitrogens with one attached hydrogen (secondary N) is 1. The van der Waals surface area contributed by atoms with Gasteiger partial charge >= 0.3 is 5.97 Å². The molecule has 1 fully saturated rings. The molecule has 2 rings (SSSR count). The minimum atomic E-state index is -1.03. The fourth-order valence-corrected chi connectivity index (χ4v) is 2.30. The average Bonchev–Trinajstić information content (AvgIpc) is 2.34. The minimum absolute atomic E-state index is 0.0240. The van der Waals surface area contributed by atoms with E-state index in [2.05, 4.69) is 17.2 Å². The summed E-state index contributed by atoms with van der Waals surface area (Å²) < 4.78 is 0. The number of aromatic carboxylic acids is 1. The summed E-state index contributed by atoms with van der Waals surface area (Å²) in [5, 5.41) is 12.2. The van der Waals surface area contributed by atoms with Crippen LogP contribution >= 0.6 is 0 Å². The Balaban J connectivity index is 2.08. The SMILES string of the molecule is CC1CCC(Nc2nc(C(=O)O)ccc2N)CC1. The summed E-state index contributed by atoms with van der Waals surface area (Å²) in [6.07, 6.45) is 4.55. The van der Waals surface area contributed by atoms with Gasteiger partial charge in [0.1, 0.15) is 5.82 Å². The van der Waals surface area contributed by atoms with Crippen LogP contribution in [0.1, 0.15) is 43.1 Å². The molecule has 98 valence electrons. The largest absolute Gasteiger partial charge is 0.477 e. The summed E-state index contributed by atoms with van der Waals surface area (Å²) in [6, 6.07) is 3.36. The molecule has 0 atom stereocenters. The van der Waals surface area contributed by atoms with Gasteiger partial charge in [-0.15, -0.1) is 0 Å². The minimum Gasteiger partial charge on any atom is -0.477 e. The van der Waals surface area contributed by atoms with E-state index in [1.165, 1.54) is 18.9 Å². The van der Waals surface area contributed by atoms with Crippen molar-refractivity contribution in [3.63, 3.8) is 0 Å². The average molecular weight is 249 g/mol. The zero-order valence-electron chi connectivity index (χ0n) is 10.5. The van der Waals surface area contributed by atoms with Crippen LogP contribution < -0.4 is 11.1 Å². The molecule has 4 N–H and O–H groups in total. The molecule has 0 unspecified atom stereocenters. The topological polar surface area (TPSA) is 88.2 Å². The van der Waals surface area contributed by atoms with Crippen molar-refractivity contribution in [1.82, 2.24) is 4.98 Å². The zero-order valence-corrected chi connectivity index (χ0v) is 10.5. The first kappa shape index (κ1) is 12.7. The summed E-state index contributed by atoms with van der Waals surface area (Å²) in [7, 11) is 0. The molecule has 0 amide bonds. The molecule has 0 saturated heterocycles. The van der Waals surface area contributed by atoms with Crippen molar-refractivity contribution in [1.29, 1.82) is 0 Å². The molecule has 5 heteroatoms. The second-order valence-corrected chi connectivity index (χ2v) is 5.04. The summed E-state index contributed by atoms with van der Waals surface area (Å²) in [5.41, 5.74) is 6.34. The van der Waals surface area contributed by atoms with Crippen molar-refractivity contribution in [3.05, 3.63) is 17.8 Å². The van der Waals surface area contributed by atoms with Crippen molar-refractivity contribution in [2.45, 2.75) is 38.6 Å². The van der Waals surface area contributed by atoms with E-state index in [-0.39, 0.29) is 5.69 Å². The van der Waals surface area contributed by atoms with Gasteiger partial charge in [-0.25, -0.2) is 9.78 Å². The van der Waals surface area contributed by atoms with Gasteiger partial charge in [-0.1, -0.05) is 6.92 Å². The number of hydrogen-bond donors (Lipinski definition) is 3. The van der Waals surface area contributed by atoms with E-state index < -0.39 is 5.97 Å². The summed E-state index contributed by atoms with van der Waals surface area (Å²) in [5.74, 6) is 0.239. The molecule has 1 aromatic rings. The number of pyridine rings is 1. The summed E-state index contributed by atoms with van der Waals surface area (Å²) in [4.78, 5) is 14.9. The number of carbonyl (C=O) groups is 1. The third kappa shape index (κ3) is 2.91. The van der Waals surface area contributed by atoms with E-state index >= 15 is 0 Å². The highest BCUT2D eigenvalue weighted by atomic mass is 16.4. The molecule has 0 spiro atoms.